The average molecular weight is 1690 g/mol. The van der Waals surface area contributed by atoms with Gasteiger partial charge in [-0.15, -0.1) is 0 Å². The molecule has 25 rings (SSSR count). The Bertz CT molecular complexity index is 8430. The molecule has 22 aromatic rings. The van der Waals surface area contributed by atoms with E-state index in [0.29, 0.717) is 34.9 Å². The maximum absolute atomic E-state index is 5.41. The standard InChI is InChI=1S/C127H84N6/c1-125-76-26-25-57-114(125)116-108-53-21-18-51-106(108)112-81-96(70-75-110(112)118(116)127(125,102-47-15-6-16-48-102)103-73-68-87(69-74-103)94-40-30-44-99(80-94)124-130-119(88-35-11-4-12-36-88)129-123(133-124)97-42-28-38-92(78-97)83-33-9-3-10-34-83)95-41-27-37-91(77-95)85-60-64-90(65-61-85)121-128-120(89-62-58-84(59-63-89)82-31-7-2-8-32-82)131-122(132-121)98-43-29-39-93(79-98)86-66-71-101(72-67-86)126(100-45-13-5-14-46-100)113-56-24-23-55-111(113)115-107-52-20-17-49-104(107)105-50-19-22-54-109(105)117(115)126/h2-75,77-81H,76H2,1H3. The molecule has 133 heavy (non-hydrogen) atoms. The van der Waals surface area contributed by atoms with Crippen LogP contribution < -0.4 is 0 Å². The van der Waals surface area contributed by atoms with Gasteiger partial charge in [-0.25, -0.2) is 29.9 Å². The molecule has 20 aromatic carbocycles. The number of aromatic nitrogens is 6. The molecule has 622 valence electrons. The molecule has 0 N–H and O–H groups in total. The number of allylic oxidation sites excluding steroid dienone is 4. The van der Waals surface area contributed by atoms with Gasteiger partial charge in [-0.1, -0.05) is 456 Å². The second kappa shape index (κ2) is 32.0. The molecule has 2 aromatic heterocycles. The molecule has 2 heterocycles. The molecule has 0 spiro atoms. The normalized spacial score (nSPS) is 15.8. The van der Waals surface area contributed by atoms with Crippen molar-refractivity contribution in [2.75, 3.05) is 0 Å². The van der Waals surface area contributed by atoms with Gasteiger partial charge in [-0.3, -0.25) is 0 Å². The van der Waals surface area contributed by atoms with Crippen molar-refractivity contribution in [2.45, 2.75) is 24.2 Å². The molecule has 0 amide bonds. The van der Waals surface area contributed by atoms with Crippen molar-refractivity contribution in [3.05, 3.63) is 524 Å². The zero-order valence-electron chi connectivity index (χ0n) is 73.0. The summed E-state index contributed by atoms with van der Waals surface area (Å²) in [6.45, 7) is 2.52. The molecule has 0 aliphatic heterocycles. The van der Waals surface area contributed by atoms with Crippen molar-refractivity contribution in [2.24, 2.45) is 5.41 Å². The van der Waals surface area contributed by atoms with E-state index in [9.17, 15) is 0 Å². The molecule has 6 heteroatoms. The van der Waals surface area contributed by atoms with Crippen molar-refractivity contribution in [1.82, 2.24) is 29.9 Å². The summed E-state index contributed by atoms with van der Waals surface area (Å²) in [5.74, 6) is 3.61. The van der Waals surface area contributed by atoms with E-state index in [4.69, 9.17) is 29.9 Å². The number of benzene rings is 20. The van der Waals surface area contributed by atoms with Crippen LogP contribution in [-0.4, -0.2) is 29.9 Å². The average Bonchev–Trinajstić information content (AvgIpc) is 1.50. The molecule has 3 aliphatic carbocycles. The van der Waals surface area contributed by atoms with Gasteiger partial charge in [-0.05, 0) is 208 Å². The number of hydrogen-bond acceptors (Lipinski definition) is 6. The first-order chi connectivity index (χ1) is 65.8. The third kappa shape index (κ3) is 12.9. The molecular formula is C127H84N6. The van der Waals surface area contributed by atoms with Crippen LogP contribution in [0.4, 0.5) is 0 Å². The highest BCUT2D eigenvalue weighted by molar-refractivity contribution is 6.20. The Morgan fingerprint density at radius 3 is 1.00 bits per heavy atom. The molecule has 0 saturated heterocycles. The minimum absolute atomic E-state index is 0.398. The van der Waals surface area contributed by atoms with E-state index in [1.54, 1.807) is 0 Å². The van der Waals surface area contributed by atoms with Crippen LogP contribution in [0.3, 0.4) is 0 Å². The predicted molar refractivity (Wildman–Crippen MR) is 548 cm³/mol. The Labute approximate surface area is 772 Å². The maximum atomic E-state index is 5.41. The summed E-state index contributed by atoms with van der Waals surface area (Å²) >= 11 is 0. The molecule has 6 nitrogen and oxygen atoms in total. The minimum Gasteiger partial charge on any atom is -0.208 e. The topological polar surface area (TPSA) is 77.3 Å². The number of fused-ring (bicyclic) bond motifs is 16. The van der Waals surface area contributed by atoms with Crippen molar-refractivity contribution >= 4 is 48.7 Å². The van der Waals surface area contributed by atoms with Crippen LogP contribution in [-0.2, 0) is 10.8 Å². The van der Waals surface area contributed by atoms with Gasteiger partial charge in [0, 0.05) is 38.8 Å². The first-order valence-electron chi connectivity index (χ1n) is 45.8. The third-order valence-electron chi connectivity index (χ3n) is 28.3. The second-order valence-electron chi connectivity index (χ2n) is 35.6. The lowest BCUT2D eigenvalue weighted by Crippen LogP contribution is -2.42. The van der Waals surface area contributed by atoms with Crippen LogP contribution in [0.1, 0.15) is 57.9 Å². The lowest BCUT2D eigenvalue weighted by molar-refractivity contribution is 0.322. The molecule has 0 saturated carbocycles. The Morgan fingerprint density at radius 2 is 0.496 bits per heavy atom. The predicted octanol–water partition coefficient (Wildman–Crippen LogP) is 31.7. The molecule has 3 aliphatic rings. The van der Waals surface area contributed by atoms with Crippen LogP contribution in [0, 0.1) is 5.41 Å². The van der Waals surface area contributed by atoms with Crippen molar-refractivity contribution in [3.8, 4) is 146 Å². The lowest BCUT2D eigenvalue weighted by Gasteiger charge is -2.47. The van der Waals surface area contributed by atoms with Gasteiger partial charge in [0.05, 0.1) is 10.8 Å². The van der Waals surface area contributed by atoms with Gasteiger partial charge in [-0.2, -0.15) is 0 Å². The van der Waals surface area contributed by atoms with Crippen molar-refractivity contribution < 1.29 is 0 Å². The largest absolute Gasteiger partial charge is 0.208 e. The van der Waals surface area contributed by atoms with E-state index in [1.165, 1.54) is 104 Å². The van der Waals surface area contributed by atoms with Crippen LogP contribution in [0.5, 0.6) is 0 Å². The van der Waals surface area contributed by atoms with Gasteiger partial charge in [0.2, 0.25) is 0 Å². The minimum atomic E-state index is -0.637. The van der Waals surface area contributed by atoms with Crippen molar-refractivity contribution in [3.63, 3.8) is 0 Å². The summed E-state index contributed by atoms with van der Waals surface area (Å²) in [6, 6.07) is 168. The quantitative estimate of drug-likeness (QED) is 0.0897. The Balaban J connectivity index is 0.558. The van der Waals surface area contributed by atoms with E-state index in [1.807, 2.05) is 24.3 Å². The van der Waals surface area contributed by atoms with Gasteiger partial charge in [0.1, 0.15) is 0 Å². The fourth-order valence-corrected chi connectivity index (χ4v) is 22.2. The Morgan fingerprint density at radius 1 is 0.203 bits per heavy atom. The highest BCUT2D eigenvalue weighted by atomic mass is 15.0. The van der Waals surface area contributed by atoms with Gasteiger partial charge < -0.3 is 0 Å². The van der Waals surface area contributed by atoms with E-state index >= 15 is 0 Å². The van der Waals surface area contributed by atoms with Crippen molar-refractivity contribution in [1.29, 1.82) is 0 Å². The number of rotatable bonds is 16. The summed E-state index contributed by atoms with van der Waals surface area (Å²) in [4.78, 5) is 31.7. The van der Waals surface area contributed by atoms with E-state index in [2.05, 4.69) is 462 Å². The van der Waals surface area contributed by atoms with Gasteiger partial charge in [0.25, 0.3) is 0 Å². The molecule has 3 atom stereocenters. The van der Waals surface area contributed by atoms with Crippen LogP contribution in [0.2, 0.25) is 0 Å². The van der Waals surface area contributed by atoms with E-state index < -0.39 is 16.2 Å². The Hall–Kier alpha value is -17.1. The fraction of sp³-hybridized carbons (Fsp3) is 0.0394. The molecule has 0 bridgehead atoms. The number of nitrogens with zero attached hydrogens (tertiary/aromatic N) is 6. The summed E-state index contributed by atoms with van der Waals surface area (Å²) in [5.41, 5.74) is 31.2. The summed E-state index contributed by atoms with van der Waals surface area (Å²) in [6.07, 6.45) is 7.92. The third-order valence-corrected chi connectivity index (χ3v) is 28.3. The first-order valence-corrected chi connectivity index (χ1v) is 45.8. The first kappa shape index (κ1) is 78.2. The van der Waals surface area contributed by atoms with Crippen LogP contribution >= 0.6 is 0 Å². The lowest BCUT2D eigenvalue weighted by atomic mass is 9.54. The molecule has 3 unspecified atom stereocenters. The van der Waals surface area contributed by atoms with Gasteiger partial charge in [0.15, 0.2) is 34.9 Å². The molecular weight excluding hydrogens is 1610 g/mol. The van der Waals surface area contributed by atoms with E-state index in [-0.39, 0.29) is 0 Å². The molecule has 0 fully saturated rings. The highest BCUT2D eigenvalue weighted by Gasteiger charge is 2.61. The second-order valence-corrected chi connectivity index (χ2v) is 35.6. The van der Waals surface area contributed by atoms with Crippen LogP contribution in [0.25, 0.3) is 195 Å². The zero-order chi connectivity index (χ0) is 88.1. The zero-order valence-corrected chi connectivity index (χ0v) is 73.0. The van der Waals surface area contributed by atoms with Gasteiger partial charge >= 0.3 is 0 Å². The molecule has 0 radical (unpaired) electrons. The summed E-state index contributed by atoms with van der Waals surface area (Å²) in [7, 11) is 0. The fourth-order valence-electron chi connectivity index (χ4n) is 22.2. The Kier molecular flexibility index (Phi) is 18.8. The number of hydrogen-bond donors (Lipinski definition) is 0. The summed E-state index contributed by atoms with van der Waals surface area (Å²) < 4.78 is 0. The SMILES string of the molecule is CC12CC=CC=C1c1c(c3ccc(-c4cccc(-c5ccc(-c6nc(-c7ccc(-c8ccccc8)cc7)nc(-c7cccc(-c8ccc(C9(c%10ccccc%10)c%10ccccc%10-c%10c9c9ccccc9c9ccccc%109)cc8)c7)n6)cc5)c4)cc3c3ccccc13)C2(c1ccccc1)c1ccc(-c2cccc(-c3nc(-c4ccccc4)nc(-c4cccc(-c5ccccc5)c4)n3)c2)cc1. The van der Waals surface area contributed by atoms with Crippen LogP contribution in [0.15, 0.2) is 479 Å². The maximum Gasteiger partial charge on any atom is 0.164 e. The smallest absolute Gasteiger partial charge is 0.164 e. The monoisotopic (exact) mass is 1690 g/mol. The van der Waals surface area contributed by atoms with E-state index in [0.717, 1.165) is 107 Å². The highest BCUT2D eigenvalue weighted by Crippen LogP contribution is 2.70. The summed E-state index contributed by atoms with van der Waals surface area (Å²) in [5, 5.41) is 9.99.